The van der Waals surface area contributed by atoms with E-state index in [1.807, 2.05) is 6.92 Å². The molecule has 0 rings (SSSR count). The van der Waals surface area contributed by atoms with Crippen LogP contribution in [0.4, 0.5) is 0 Å². The maximum Gasteiger partial charge on any atom is 0.268 e. The first kappa shape index (κ1) is 18.1. The molecule has 0 aliphatic heterocycles. The van der Waals surface area contributed by atoms with Crippen molar-refractivity contribution in [3.63, 3.8) is 0 Å². The zero-order chi connectivity index (χ0) is 15.7. The van der Waals surface area contributed by atoms with Crippen molar-refractivity contribution in [2.75, 3.05) is 7.05 Å². The van der Waals surface area contributed by atoms with E-state index in [2.05, 4.69) is 16.0 Å². The van der Waals surface area contributed by atoms with Gasteiger partial charge in [0.15, 0.2) is 0 Å². The number of nitrogens with two attached hydrogens (primary N) is 1. The summed E-state index contributed by atoms with van der Waals surface area (Å²) in [6.45, 7) is 5.22. The summed E-state index contributed by atoms with van der Waals surface area (Å²) in [6.07, 6.45) is 2.46. The van der Waals surface area contributed by atoms with E-state index in [0.29, 0.717) is 12.8 Å². The van der Waals surface area contributed by atoms with E-state index in [1.165, 1.54) is 6.08 Å². The average Bonchev–Trinajstić information content (AvgIpc) is 2.42. The van der Waals surface area contributed by atoms with Crippen LogP contribution in [0.25, 0.3) is 0 Å². The van der Waals surface area contributed by atoms with Gasteiger partial charge in [0.05, 0.1) is 6.04 Å². The van der Waals surface area contributed by atoms with Crippen LogP contribution >= 0.6 is 0 Å². The summed E-state index contributed by atoms with van der Waals surface area (Å²) in [5.41, 5.74) is 5.26. The van der Waals surface area contributed by atoms with Crippen molar-refractivity contribution in [1.82, 2.24) is 16.0 Å². The van der Waals surface area contributed by atoms with E-state index < -0.39 is 17.9 Å². The number of primary amides is 1. The Balaban J connectivity index is 4.73. The molecule has 7 heteroatoms. The first-order valence-corrected chi connectivity index (χ1v) is 6.65. The quantitative estimate of drug-likeness (QED) is 0.445. The van der Waals surface area contributed by atoms with Gasteiger partial charge >= 0.3 is 0 Å². The molecule has 0 aliphatic rings. The lowest BCUT2D eigenvalue weighted by atomic mass is 10.2. The van der Waals surface area contributed by atoms with Gasteiger partial charge in [-0.15, -0.1) is 0 Å². The third-order valence-corrected chi connectivity index (χ3v) is 2.92. The van der Waals surface area contributed by atoms with Gasteiger partial charge in [0.25, 0.3) is 5.91 Å². The summed E-state index contributed by atoms with van der Waals surface area (Å²) in [5.74, 6) is -1.44. The minimum absolute atomic E-state index is 0.100. The monoisotopic (exact) mass is 284 g/mol. The van der Waals surface area contributed by atoms with Crippen LogP contribution in [0, 0.1) is 0 Å². The average molecular weight is 284 g/mol. The van der Waals surface area contributed by atoms with Gasteiger partial charge in [-0.1, -0.05) is 19.9 Å². The highest BCUT2D eigenvalue weighted by Gasteiger charge is 2.21. The molecule has 0 bridgehead atoms. The first-order chi connectivity index (χ1) is 9.40. The van der Waals surface area contributed by atoms with Crippen molar-refractivity contribution in [1.29, 1.82) is 0 Å². The Morgan fingerprint density at radius 2 is 1.70 bits per heavy atom. The molecule has 0 spiro atoms. The highest BCUT2D eigenvalue weighted by atomic mass is 16.2. The van der Waals surface area contributed by atoms with E-state index in [-0.39, 0.29) is 17.6 Å². The number of nitrogens with one attached hydrogen (secondary N) is 3. The largest absolute Gasteiger partial charge is 0.368 e. The number of hydrogen-bond acceptors (Lipinski definition) is 4. The highest BCUT2D eigenvalue weighted by Crippen LogP contribution is 1.97. The fourth-order valence-electron chi connectivity index (χ4n) is 1.61. The number of allylic oxidation sites excluding steroid dienone is 1. The molecule has 0 heterocycles. The Kier molecular flexibility index (Phi) is 8.23. The van der Waals surface area contributed by atoms with Gasteiger partial charge in [0.2, 0.25) is 11.8 Å². The third kappa shape index (κ3) is 5.40. The molecule has 20 heavy (non-hydrogen) atoms. The molecule has 3 amide bonds. The SMILES string of the molecule is C/C=C(/NC(=O)C(CC)NC)C(=O)NC(CC)C(N)=O. The topological polar surface area (TPSA) is 113 Å². The number of likely N-dealkylation sites (N-methyl/N-ethyl adjacent to an activating group) is 1. The fourth-order valence-corrected chi connectivity index (χ4v) is 1.61. The molecule has 7 nitrogen and oxygen atoms in total. The Morgan fingerprint density at radius 3 is 2.05 bits per heavy atom. The molecule has 0 aliphatic carbocycles. The second-order valence-electron chi connectivity index (χ2n) is 4.28. The van der Waals surface area contributed by atoms with Crippen LogP contribution in [-0.2, 0) is 14.4 Å². The normalized spacial score (nSPS) is 14.3. The Bertz CT molecular complexity index is 389. The molecule has 2 atom stereocenters. The minimum Gasteiger partial charge on any atom is -0.368 e. The van der Waals surface area contributed by atoms with Gasteiger partial charge in [0.1, 0.15) is 11.7 Å². The van der Waals surface area contributed by atoms with E-state index in [0.717, 1.165) is 0 Å². The molecule has 0 aromatic carbocycles. The summed E-state index contributed by atoms with van der Waals surface area (Å²) < 4.78 is 0. The summed E-state index contributed by atoms with van der Waals surface area (Å²) in [5, 5.41) is 7.86. The molecule has 114 valence electrons. The lowest BCUT2D eigenvalue weighted by molar-refractivity contribution is -0.127. The van der Waals surface area contributed by atoms with Crippen LogP contribution < -0.4 is 21.7 Å². The van der Waals surface area contributed by atoms with Crippen molar-refractivity contribution < 1.29 is 14.4 Å². The van der Waals surface area contributed by atoms with Crippen LogP contribution in [0.5, 0.6) is 0 Å². The van der Waals surface area contributed by atoms with E-state index in [4.69, 9.17) is 5.73 Å². The maximum absolute atomic E-state index is 12.0. The summed E-state index contributed by atoms with van der Waals surface area (Å²) in [6, 6.07) is -1.13. The van der Waals surface area contributed by atoms with Gasteiger partial charge in [-0.25, -0.2) is 0 Å². The number of rotatable bonds is 8. The Morgan fingerprint density at radius 1 is 1.15 bits per heavy atom. The van der Waals surface area contributed by atoms with Crippen LogP contribution in [0.1, 0.15) is 33.6 Å². The molecule has 0 saturated carbocycles. The third-order valence-electron chi connectivity index (χ3n) is 2.92. The van der Waals surface area contributed by atoms with Gasteiger partial charge in [0, 0.05) is 0 Å². The fraction of sp³-hybridized carbons (Fsp3) is 0.615. The predicted molar refractivity (Wildman–Crippen MR) is 76.5 cm³/mol. The summed E-state index contributed by atoms with van der Waals surface area (Å²) in [4.78, 5) is 34.9. The van der Waals surface area contributed by atoms with Crippen LogP contribution in [0.15, 0.2) is 11.8 Å². The smallest absolute Gasteiger partial charge is 0.268 e. The van der Waals surface area contributed by atoms with Gasteiger partial charge < -0.3 is 21.7 Å². The van der Waals surface area contributed by atoms with Crippen molar-refractivity contribution in [2.45, 2.75) is 45.7 Å². The molecule has 2 unspecified atom stereocenters. The highest BCUT2D eigenvalue weighted by molar-refractivity contribution is 6.00. The van der Waals surface area contributed by atoms with Gasteiger partial charge in [-0.2, -0.15) is 0 Å². The molecule has 0 radical (unpaired) electrons. The summed E-state index contributed by atoms with van der Waals surface area (Å²) >= 11 is 0. The number of amides is 3. The van der Waals surface area contributed by atoms with Crippen molar-refractivity contribution in [3.05, 3.63) is 11.8 Å². The summed E-state index contributed by atoms with van der Waals surface area (Å²) in [7, 11) is 1.67. The zero-order valence-electron chi connectivity index (χ0n) is 12.4. The lowest BCUT2D eigenvalue weighted by Crippen LogP contribution is -2.48. The Hall–Kier alpha value is -1.89. The van der Waals surface area contributed by atoms with Crippen LogP contribution in [0.3, 0.4) is 0 Å². The van der Waals surface area contributed by atoms with Crippen LogP contribution in [0.2, 0.25) is 0 Å². The number of carbonyl (C=O) groups is 3. The van der Waals surface area contributed by atoms with Crippen LogP contribution in [-0.4, -0.2) is 36.9 Å². The van der Waals surface area contributed by atoms with Crippen molar-refractivity contribution >= 4 is 17.7 Å². The van der Waals surface area contributed by atoms with Gasteiger partial charge in [-0.05, 0) is 26.8 Å². The van der Waals surface area contributed by atoms with E-state index >= 15 is 0 Å². The molecule has 0 aromatic heterocycles. The maximum atomic E-state index is 12.0. The molecular formula is C13H24N4O3. The minimum atomic E-state index is -0.749. The molecule has 5 N–H and O–H groups in total. The molecular weight excluding hydrogens is 260 g/mol. The molecule has 0 aromatic rings. The second kappa shape index (κ2) is 9.08. The molecule has 0 saturated heterocycles. The first-order valence-electron chi connectivity index (χ1n) is 6.65. The second-order valence-corrected chi connectivity index (χ2v) is 4.28. The number of hydrogen-bond donors (Lipinski definition) is 4. The van der Waals surface area contributed by atoms with E-state index in [1.54, 1.807) is 20.9 Å². The zero-order valence-corrected chi connectivity index (χ0v) is 12.4. The predicted octanol–water partition coefficient (Wildman–Crippen LogP) is -0.615. The molecule has 0 fully saturated rings. The van der Waals surface area contributed by atoms with Crippen molar-refractivity contribution in [3.8, 4) is 0 Å². The number of carbonyl (C=O) groups excluding carboxylic acids is 3. The van der Waals surface area contributed by atoms with Crippen molar-refractivity contribution in [2.24, 2.45) is 5.73 Å². The van der Waals surface area contributed by atoms with Gasteiger partial charge in [-0.3, -0.25) is 14.4 Å². The lowest BCUT2D eigenvalue weighted by Gasteiger charge is -2.18. The van der Waals surface area contributed by atoms with E-state index in [9.17, 15) is 14.4 Å². The standard InChI is InChI=1S/C13H24N4O3/c1-5-8(11(14)18)16-13(20)10(7-3)17-12(19)9(6-2)15-4/h7-9,15H,5-6H2,1-4H3,(H2,14,18)(H,16,20)(H,17,19)/b10-7+. The Labute approximate surface area is 119 Å².